The Morgan fingerprint density at radius 2 is 1.49 bits per heavy atom. The topological polar surface area (TPSA) is 122 Å². The summed E-state index contributed by atoms with van der Waals surface area (Å²) < 4.78 is 67.0. The molecular formula is C27H31N3O7S2. The summed E-state index contributed by atoms with van der Waals surface area (Å²) in [7, 11) is -5.24. The van der Waals surface area contributed by atoms with E-state index in [0.717, 1.165) is 23.6 Å². The third-order valence-corrected chi connectivity index (χ3v) is 10.0. The second-order valence-electron chi connectivity index (χ2n) is 8.88. The molecule has 1 aliphatic rings. The quantitative estimate of drug-likeness (QED) is 0.392. The maximum Gasteiger partial charge on any atom is 0.264 e. The Hall–Kier alpha value is -3.61. The molecule has 0 bridgehead atoms. The summed E-state index contributed by atoms with van der Waals surface area (Å²) in [5.74, 6) is -0.253. The van der Waals surface area contributed by atoms with Crippen LogP contribution >= 0.6 is 0 Å². The summed E-state index contributed by atoms with van der Waals surface area (Å²) in [5.41, 5.74) is 0.371. The number of sulfonamides is 2. The SMILES string of the molecule is COc1ccccc1N(CC(=O)Nc1ccc(OC)c(S(=O)(=O)N2CCCCC2)c1)S(=O)(=O)c1ccccc1. The van der Waals surface area contributed by atoms with Gasteiger partial charge in [-0.25, -0.2) is 16.8 Å². The van der Waals surface area contributed by atoms with E-state index >= 15 is 0 Å². The van der Waals surface area contributed by atoms with Crippen LogP contribution in [-0.4, -0.2) is 60.9 Å². The summed E-state index contributed by atoms with van der Waals surface area (Å²) in [6.45, 7) is 0.235. The molecule has 0 atom stereocenters. The molecule has 0 radical (unpaired) electrons. The molecule has 0 saturated carbocycles. The van der Waals surface area contributed by atoms with E-state index in [2.05, 4.69) is 5.32 Å². The highest BCUT2D eigenvalue weighted by Crippen LogP contribution is 2.33. The minimum absolute atomic E-state index is 0.00284. The van der Waals surface area contributed by atoms with E-state index in [-0.39, 0.29) is 32.7 Å². The zero-order chi connectivity index (χ0) is 28.0. The second kappa shape index (κ2) is 12.1. The van der Waals surface area contributed by atoms with E-state index in [1.165, 1.54) is 48.9 Å². The molecule has 0 aromatic heterocycles. The predicted octanol–water partition coefficient (Wildman–Crippen LogP) is 3.71. The Bertz CT molecular complexity index is 1520. The van der Waals surface area contributed by atoms with Gasteiger partial charge >= 0.3 is 0 Å². The average molecular weight is 574 g/mol. The van der Waals surface area contributed by atoms with Crippen LogP contribution in [0.5, 0.6) is 11.5 Å². The van der Waals surface area contributed by atoms with Crippen molar-refractivity contribution in [3.8, 4) is 11.5 Å². The number of rotatable bonds is 10. The summed E-state index contributed by atoms with van der Waals surface area (Å²) >= 11 is 0. The number of carbonyl (C=O) groups is 1. The van der Waals surface area contributed by atoms with Crippen LogP contribution in [0, 0.1) is 0 Å². The van der Waals surface area contributed by atoms with E-state index in [4.69, 9.17) is 9.47 Å². The summed E-state index contributed by atoms with van der Waals surface area (Å²) in [5, 5.41) is 2.65. The molecule has 0 spiro atoms. The molecule has 4 rings (SSSR count). The van der Waals surface area contributed by atoms with Gasteiger partial charge in [0.05, 0.1) is 24.8 Å². The molecule has 0 aliphatic carbocycles. The fourth-order valence-corrected chi connectivity index (χ4v) is 7.54. The van der Waals surface area contributed by atoms with Crippen molar-refractivity contribution in [3.63, 3.8) is 0 Å². The maximum atomic E-state index is 13.6. The van der Waals surface area contributed by atoms with Gasteiger partial charge in [-0.1, -0.05) is 36.8 Å². The molecule has 3 aromatic carbocycles. The minimum Gasteiger partial charge on any atom is -0.495 e. The van der Waals surface area contributed by atoms with Crippen LogP contribution in [0.2, 0.25) is 0 Å². The first-order chi connectivity index (χ1) is 18.7. The molecule has 3 aromatic rings. The van der Waals surface area contributed by atoms with Crippen LogP contribution < -0.4 is 19.1 Å². The first-order valence-electron chi connectivity index (χ1n) is 12.4. The molecule has 1 heterocycles. The van der Waals surface area contributed by atoms with Crippen molar-refractivity contribution in [1.82, 2.24) is 4.31 Å². The van der Waals surface area contributed by atoms with Gasteiger partial charge in [-0.3, -0.25) is 9.10 Å². The smallest absolute Gasteiger partial charge is 0.264 e. The third-order valence-electron chi connectivity index (χ3n) is 6.35. The molecular weight excluding hydrogens is 542 g/mol. The highest BCUT2D eigenvalue weighted by atomic mass is 32.2. The molecule has 1 fully saturated rings. The number of nitrogens with one attached hydrogen (secondary N) is 1. The van der Waals surface area contributed by atoms with Crippen LogP contribution in [0.3, 0.4) is 0 Å². The number of hydrogen-bond donors (Lipinski definition) is 1. The largest absolute Gasteiger partial charge is 0.495 e. The summed E-state index contributed by atoms with van der Waals surface area (Å²) in [4.78, 5) is 13.2. The zero-order valence-corrected chi connectivity index (χ0v) is 23.4. The van der Waals surface area contributed by atoms with Crippen LogP contribution in [-0.2, 0) is 24.8 Å². The first kappa shape index (κ1) is 28.4. The van der Waals surface area contributed by atoms with Gasteiger partial charge < -0.3 is 14.8 Å². The molecule has 1 aliphatic heterocycles. The normalized spacial score (nSPS) is 14.4. The Kier molecular flexibility index (Phi) is 8.78. The molecule has 1 amide bonds. The highest BCUT2D eigenvalue weighted by molar-refractivity contribution is 7.93. The van der Waals surface area contributed by atoms with E-state index in [1.54, 1.807) is 42.5 Å². The number of amides is 1. The standard InChI is InChI=1S/C27H31N3O7S2/c1-36-24-14-8-7-13-23(24)30(38(32,33)22-11-5-3-6-12-22)20-27(31)28-21-15-16-25(37-2)26(19-21)39(34,35)29-17-9-4-10-18-29/h3,5-8,11-16,19H,4,9-10,17-18,20H2,1-2H3,(H,28,31). The lowest BCUT2D eigenvalue weighted by atomic mass is 10.2. The maximum absolute atomic E-state index is 13.6. The number of nitrogens with zero attached hydrogens (tertiary/aromatic N) is 2. The molecule has 1 N–H and O–H groups in total. The fourth-order valence-electron chi connectivity index (χ4n) is 4.39. The molecule has 10 nitrogen and oxygen atoms in total. The Labute approximate surface area is 229 Å². The number of ether oxygens (including phenoxy) is 2. The van der Waals surface area contributed by atoms with Gasteiger partial charge in [-0.05, 0) is 55.3 Å². The number of para-hydroxylation sites is 2. The number of benzene rings is 3. The van der Waals surface area contributed by atoms with Crippen molar-refractivity contribution < 1.29 is 31.1 Å². The second-order valence-corrected chi connectivity index (χ2v) is 12.6. The minimum atomic E-state index is -4.16. The lowest BCUT2D eigenvalue weighted by molar-refractivity contribution is -0.114. The zero-order valence-electron chi connectivity index (χ0n) is 21.7. The van der Waals surface area contributed by atoms with Crippen molar-refractivity contribution in [1.29, 1.82) is 0 Å². The van der Waals surface area contributed by atoms with Crippen molar-refractivity contribution in [2.24, 2.45) is 0 Å². The lowest BCUT2D eigenvalue weighted by Crippen LogP contribution is -2.38. The number of methoxy groups -OCH3 is 2. The number of anilines is 2. The predicted molar refractivity (Wildman–Crippen MR) is 148 cm³/mol. The van der Waals surface area contributed by atoms with Gasteiger partial charge in [0, 0.05) is 18.8 Å². The van der Waals surface area contributed by atoms with Gasteiger partial charge in [0.2, 0.25) is 15.9 Å². The van der Waals surface area contributed by atoms with E-state index < -0.39 is 32.5 Å². The van der Waals surface area contributed by atoms with Crippen molar-refractivity contribution in [2.75, 3.05) is 43.5 Å². The van der Waals surface area contributed by atoms with Gasteiger partial charge in [-0.2, -0.15) is 4.31 Å². The van der Waals surface area contributed by atoms with Crippen LogP contribution in [0.1, 0.15) is 19.3 Å². The molecule has 39 heavy (non-hydrogen) atoms. The highest BCUT2D eigenvalue weighted by Gasteiger charge is 2.31. The van der Waals surface area contributed by atoms with Crippen molar-refractivity contribution >= 4 is 37.3 Å². The van der Waals surface area contributed by atoms with Gasteiger partial charge in [0.25, 0.3) is 10.0 Å². The lowest BCUT2D eigenvalue weighted by Gasteiger charge is -2.27. The first-order valence-corrected chi connectivity index (χ1v) is 15.3. The van der Waals surface area contributed by atoms with Gasteiger partial charge in [-0.15, -0.1) is 0 Å². The van der Waals surface area contributed by atoms with Crippen LogP contribution in [0.15, 0.2) is 82.6 Å². The molecule has 0 unspecified atom stereocenters. The van der Waals surface area contributed by atoms with Gasteiger partial charge in [0.1, 0.15) is 22.9 Å². The third kappa shape index (κ3) is 6.18. The Balaban J connectivity index is 1.66. The van der Waals surface area contributed by atoms with E-state index in [0.29, 0.717) is 13.1 Å². The van der Waals surface area contributed by atoms with Crippen molar-refractivity contribution in [2.45, 2.75) is 29.1 Å². The van der Waals surface area contributed by atoms with E-state index in [9.17, 15) is 21.6 Å². The van der Waals surface area contributed by atoms with Crippen molar-refractivity contribution in [3.05, 3.63) is 72.8 Å². The van der Waals surface area contributed by atoms with Gasteiger partial charge in [0.15, 0.2) is 0 Å². The monoisotopic (exact) mass is 573 g/mol. The molecule has 12 heteroatoms. The van der Waals surface area contributed by atoms with Crippen LogP contribution in [0.25, 0.3) is 0 Å². The summed E-state index contributed by atoms with van der Waals surface area (Å²) in [6, 6.07) is 18.5. The van der Waals surface area contributed by atoms with E-state index in [1.807, 2.05) is 0 Å². The number of piperidine rings is 1. The molecule has 1 saturated heterocycles. The number of carbonyl (C=O) groups excluding carboxylic acids is 1. The Morgan fingerprint density at radius 3 is 2.15 bits per heavy atom. The summed E-state index contributed by atoms with van der Waals surface area (Å²) in [6.07, 6.45) is 2.51. The fraction of sp³-hybridized carbons (Fsp3) is 0.296. The van der Waals surface area contributed by atoms with Crippen LogP contribution in [0.4, 0.5) is 11.4 Å². The average Bonchev–Trinajstić information content (AvgIpc) is 2.96. The number of hydrogen-bond acceptors (Lipinski definition) is 7. The molecule has 208 valence electrons. The Morgan fingerprint density at radius 1 is 0.846 bits per heavy atom.